The predicted molar refractivity (Wildman–Crippen MR) is 101 cm³/mol. The van der Waals surface area contributed by atoms with Gasteiger partial charge in [0.25, 0.3) is 5.91 Å². The second kappa shape index (κ2) is 8.96. The average Bonchev–Trinajstić information content (AvgIpc) is 2.72. The van der Waals surface area contributed by atoms with Crippen LogP contribution in [-0.4, -0.2) is 13.0 Å². The van der Waals surface area contributed by atoms with Crippen LogP contribution in [0.3, 0.4) is 0 Å². The van der Waals surface area contributed by atoms with Crippen molar-refractivity contribution in [2.45, 2.75) is 6.61 Å². The highest BCUT2D eigenvalue weighted by Gasteiger charge is 2.17. The van der Waals surface area contributed by atoms with Gasteiger partial charge in [-0.2, -0.15) is 0 Å². The Hall–Kier alpha value is -3.45. The third kappa shape index (κ3) is 4.83. The molecule has 0 bridgehead atoms. The van der Waals surface area contributed by atoms with Gasteiger partial charge in [-0.25, -0.2) is 14.3 Å². The molecule has 3 aromatic carbocycles. The van der Waals surface area contributed by atoms with Crippen molar-refractivity contribution < 1.29 is 23.1 Å². The summed E-state index contributed by atoms with van der Waals surface area (Å²) in [5.41, 5.74) is 3.68. The van der Waals surface area contributed by atoms with E-state index in [1.165, 1.54) is 7.11 Å². The van der Waals surface area contributed by atoms with Crippen LogP contribution < -0.4 is 15.5 Å². The minimum Gasteiger partial charge on any atom is -0.497 e. The van der Waals surface area contributed by atoms with Crippen LogP contribution in [0.2, 0.25) is 0 Å². The number of halogens is 2. The van der Waals surface area contributed by atoms with Crippen LogP contribution in [0.15, 0.2) is 66.7 Å². The largest absolute Gasteiger partial charge is 0.497 e. The van der Waals surface area contributed by atoms with E-state index in [1.807, 2.05) is 30.3 Å². The van der Waals surface area contributed by atoms with Gasteiger partial charge in [0.1, 0.15) is 5.75 Å². The van der Waals surface area contributed by atoms with Crippen molar-refractivity contribution >= 4 is 17.3 Å². The smallest absolute Gasteiger partial charge is 0.277 e. The van der Waals surface area contributed by atoms with Gasteiger partial charge >= 0.3 is 0 Å². The average molecular weight is 384 g/mol. The topological polar surface area (TPSA) is 59.6 Å². The van der Waals surface area contributed by atoms with Crippen LogP contribution in [0.4, 0.5) is 20.2 Å². The third-order valence-corrected chi connectivity index (χ3v) is 3.92. The number of ether oxygens (including phenoxy) is 1. The predicted octanol–water partition coefficient (Wildman–Crippen LogP) is 4.58. The molecular formula is C21H18F2N2O3. The van der Waals surface area contributed by atoms with E-state index >= 15 is 0 Å². The molecule has 0 fully saturated rings. The Balaban J connectivity index is 1.74. The van der Waals surface area contributed by atoms with Crippen molar-refractivity contribution in [3.63, 3.8) is 0 Å². The zero-order valence-corrected chi connectivity index (χ0v) is 15.0. The minimum atomic E-state index is -1.13. The third-order valence-electron chi connectivity index (χ3n) is 3.92. The zero-order valence-electron chi connectivity index (χ0n) is 15.0. The van der Waals surface area contributed by atoms with Gasteiger partial charge in [-0.15, -0.1) is 0 Å². The molecule has 0 aliphatic heterocycles. The standard InChI is InChI=1S/C21H18F2N2O3/c1-27-16-9-7-15(8-10-16)24-20-12-19(23)18(22)11-17(20)21(26)25-28-13-14-5-3-2-4-6-14/h2-12,24H,13H2,1H3,(H,25,26). The van der Waals surface area contributed by atoms with E-state index in [4.69, 9.17) is 9.57 Å². The van der Waals surface area contributed by atoms with Crippen LogP contribution in [0, 0.1) is 11.6 Å². The SMILES string of the molecule is COc1ccc(Nc2cc(F)c(F)cc2C(=O)NOCc2ccccc2)cc1. The molecule has 0 heterocycles. The molecule has 0 atom stereocenters. The summed E-state index contributed by atoms with van der Waals surface area (Å²) in [5.74, 6) is -2.26. The van der Waals surface area contributed by atoms with Gasteiger partial charge in [0.15, 0.2) is 11.6 Å². The quantitative estimate of drug-likeness (QED) is 0.586. The van der Waals surface area contributed by atoms with Crippen LogP contribution in [-0.2, 0) is 11.4 Å². The number of benzene rings is 3. The number of carbonyl (C=O) groups excluding carboxylic acids is 1. The summed E-state index contributed by atoms with van der Waals surface area (Å²) in [6.45, 7) is 0.136. The Morgan fingerprint density at radius 3 is 2.32 bits per heavy atom. The lowest BCUT2D eigenvalue weighted by atomic mass is 10.1. The highest BCUT2D eigenvalue weighted by molar-refractivity contribution is 5.99. The van der Waals surface area contributed by atoms with E-state index < -0.39 is 17.5 Å². The molecule has 0 radical (unpaired) electrons. The maximum Gasteiger partial charge on any atom is 0.277 e. The molecule has 1 amide bonds. The number of methoxy groups -OCH3 is 1. The molecule has 0 aromatic heterocycles. The lowest BCUT2D eigenvalue weighted by molar-refractivity contribution is 0.0234. The molecule has 0 aliphatic rings. The zero-order chi connectivity index (χ0) is 19.9. The van der Waals surface area contributed by atoms with Crippen molar-refractivity contribution in [3.05, 3.63) is 89.5 Å². The maximum absolute atomic E-state index is 13.7. The van der Waals surface area contributed by atoms with Gasteiger partial charge in [-0.3, -0.25) is 9.63 Å². The molecule has 0 saturated carbocycles. The van der Waals surface area contributed by atoms with Crippen molar-refractivity contribution in [2.75, 3.05) is 12.4 Å². The van der Waals surface area contributed by atoms with Crippen LogP contribution in [0.5, 0.6) is 5.75 Å². The van der Waals surface area contributed by atoms with Crippen molar-refractivity contribution in [2.24, 2.45) is 0 Å². The normalized spacial score (nSPS) is 10.4. The van der Waals surface area contributed by atoms with E-state index in [-0.39, 0.29) is 17.9 Å². The van der Waals surface area contributed by atoms with E-state index in [1.54, 1.807) is 24.3 Å². The van der Waals surface area contributed by atoms with Gasteiger partial charge in [-0.1, -0.05) is 30.3 Å². The van der Waals surface area contributed by atoms with Crippen LogP contribution >= 0.6 is 0 Å². The fourth-order valence-electron chi connectivity index (χ4n) is 2.48. The van der Waals surface area contributed by atoms with Crippen molar-refractivity contribution in [1.29, 1.82) is 0 Å². The molecule has 144 valence electrons. The molecule has 0 unspecified atom stereocenters. The summed E-state index contributed by atoms with van der Waals surface area (Å²) in [7, 11) is 1.54. The van der Waals surface area contributed by atoms with E-state index in [2.05, 4.69) is 10.8 Å². The van der Waals surface area contributed by atoms with Gasteiger partial charge in [0, 0.05) is 11.8 Å². The minimum absolute atomic E-state index is 0.0946. The summed E-state index contributed by atoms with van der Waals surface area (Å²) >= 11 is 0. The van der Waals surface area contributed by atoms with Crippen LogP contribution in [0.1, 0.15) is 15.9 Å². The molecule has 3 aromatic rings. The summed E-state index contributed by atoms with van der Waals surface area (Å²) < 4.78 is 32.5. The summed E-state index contributed by atoms with van der Waals surface area (Å²) in [5, 5.41) is 2.90. The monoisotopic (exact) mass is 384 g/mol. The highest BCUT2D eigenvalue weighted by Crippen LogP contribution is 2.25. The molecule has 28 heavy (non-hydrogen) atoms. The number of hydrogen-bond donors (Lipinski definition) is 2. The Morgan fingerprint density at radius 2 is 1.64 bits per heavy atom. The molecule has 5 nitrogen and oxygen atoms in total. The maximum atomic E-state index is 13.7. The number of hydrogen-bond acceptors (Lipinski definition) is 4. The lowest BCUT2D eigenvalue weighted by Gasteiger charge is -2.13. The van der Waals surface area contributed by atoms with Gasteiger partial charge in [0.05, 0.1) is 25.0 Å². The highest BCUT2D eigenvalue weighted by atomic mass is 19.2. The first-order valence-corrected chi connectivity index (χ1v) is 8.43. The molecule has 0 saturated heterocycles. The van der Waals surface area contributed by atoms with Crippen LogP contribution in [0.25, 0.3) is 0 Å². The van der Waals surface area contributed by atoms with Gasteiger partial charge in [0.2, 0.25) is 0 Å². The molecule has 3 rings (SSSR count). The summed E-state index contributed by atoms with van der Waals surface area (Å²) in [6.07, 6.45) is 0. The number of hydroxylamine groups is 1. The summed E-state index contributed by atoms with van der Waals surface area (Å²) in [4.78, 5) is 17.6. The van der Waals surface area contributed by atoms with E-state index in [9.17, 15) is 13.6 Å². The second-order valence-electron chi connectivity index (χ2n) is 5.87. The van der Waals surface area contributed by atoms with Crippen molar-refractivity contribution in [1.82, 2.24) is 5.48 Å². The first-order valence-electron chi connectivity index (χ1n) is 8.43. The lowest BCUT2D eigenvalue weighted by Crippen LogP contribution is -2.24. The summed E-state index contributed by atoms with van der Waals surface area (Å²) in [6, 6.07) is 17.7. The Bertz CT molecular complexity index is 948. The molecular weight excluding hydrogens is 366 g/mol. The Labute approximate surface area is 160 Å². The number of amides is 1. The molecule has 2 N–H and O–H groups in total. The van der Waals surface area contributed by atoms with E-state index in [0.717, 1.165) is 17.7 Å². The first kappa shape index (κ1) is 19.3. The first-order chi connectivity index (χ1) is 13.6. The van der Waals surface area contributed by atoms with Gasteiger partial charge < -0.3 is 10.1 Å². The van der Waals surface area contributed by atoms with E-state index in [0.29, 0.717) is 11.4 Å². The fourth-order valence-corrected chi connectivity index (χ4v) is 2.48. The van der Waals surface area contributed by atoms with Crippen molar-refractivity contribution in [3.8, 4) is 5.75 Å². The molecule has 0 aliphatic carbocycles. The second-order valence-corrected chi connectivity index (χ2v) is 5.87. The Kier molecular flexibility index (Phi) is 6.18. The Morgan fingerprint density at radius 1 is 0.964 bits per heavy atom. The molecule has 0 spiro atoms. The molecule has 7 heteroatoms. The van der Waals surface area contributed by atoms with Gasteiger partial charge in [-0.05, 0) is 35.9 Å². The number of carbonyl (C=O) groups is 1. The number of anilines is 2. The number of rotatable bonds is 7. The number of nitrogens with one attached hydrogen (secondary N) is 2. The fraction of sp³-hybridized carbons (Fsp3) is 0.0952.